The van der Waals surface area contributed by atoms with Crippen LogP contribution >= 0.6 is 0 Å². The first-order valence-electron chi connectivity index (χ1n) is 4.58. The monoisotopic (exact) mass is 285 g/mol. The van der Waals surface area contributed by atoms with Crippen LogP contribution in [0, 0.1) is 0 Å². The molecule has 18 heavy (non-hydrogen) atoms. The molecule has 1 aromatic heterocycles. The molecule has 0 aliphatic rings. The molecule has 1 rings (SSSR count). The predicted octanol–water partition coefficient (Wildman–Crippen LogP) is 2.93. The van der Waals surface area contributed by atoms with Crippen molar-refractivity contribution >= 4 is 14.5 Å². The third kappa shape index (κ3) is 29.3. The Balaban J connectivity index is 0. The number of hydrogen-bond donors (Lipinski definition) is 0. The zero-order chi connectivity index (χ0) is 15.0. The highest BCUT2D eigenvalue weighted by molar-refractivity contribution is 6.50. The van der Waals surface area contributed by atoms with Crippen LogP contribution in [-0.2, 0) is 13.6 Å². The normalized spacial score (nSPS) is 11.0. The van der Waals surface area contributed by atoms with E-state index in [-0.39, 0.29) is 0 Å². The number of hydrogen-bond acceptors (Lipinski definition) is 0. The SMILES string of the molecule is CC[n+]1ccn(C)c1.F[B-](F)(F)F.F[B-](F)(F)F. The van der Waals surface area contributed by atoms with Crippen molar-refractivity contribution in [2.45, 2.75) is 13.5 Å². The van der Waals surface area contributed by atoms with Crippen molar-refractivity contribution in [1.29, 1.82) is 0 Å². The standard InChI is InChI=1S/C6H11N2.2BF4/c1-3-8-5-4-7(2)6-8;2*2-1(3,4)5/h4-6H,3H2,1-2H3;;/q+1;2*-1. The van der Waals surface area contributed by atoms with Crippen LogP contribution in [-0.4, -0.2) is 19.1 Å². The Hall–Kier alpha value is -1.22. The molecule has 12 heteroatoms. The van der Waals surface area contributed by atoms with Gasteiger partial charge in [0.1, 0.15) is 12.4 Å². The van der Waals surface area contributed by atoms with Gasteiger partial charge in [0.25, 0.3) is 0 Å². The van der Waals surface area contributed by atoms with Gasteiger partial charge in [0.2, 0.25) is 6.33 Å². The lowest BCUT2D eigenvalue weighted by Crippen LogP contribution is -2.28. The lowest BCUT2D eigenvalue weighted by Gasteiger charge is -1.94. The Morgan fingerprint density at radius 3 is 1.39 bits per heavy atom. The minimum Gasteiger partial charge on any atom is -0.418 e. The fourth-order valence-corrected chi connectivity index (χ4v) is 0.689. The van der Waals surface area contributed by atoms with Crippen LogP contribution in [0.2, 0.25) is 0 Å². The molecule has 1 heterocycles. The molecule has 0 radical (unpaired) electrons. The molecule has 0 fully saturated rings. The predicted molar refractivity (Wildman–Crippen MR) is 51.7 cm³/mol. The van der Waals surface area contributed by atoms with Crippen LogP contribution in [0.25, 0.3) is 0 Å². The molecule has 0 aliphatic carbocycles. The fraction of sp³-hybridized carbons (Fsp3) is 0.500. The van der Waals surface area contributed by atoms with Gasteiger partial charge in [-0.1, -0.05) is 0 Å². The number of halogens is 8. The van der Waals surface area contributed by atoms with E-state index in [2.05, 4.69) is 24.0 Å². The molecule has 0 spiro atoms. The highest BCUT2D eigenvalue weighted by atomic mass is 19.5. The first-order valence-corrected chi connectivity index (χ1v) is 4.58. The molecule has 0 N–H and O–H groups in total. The largest absolute Gasteiger partial charge is 0.673 e. The van der Waals surface area contributed by atoms with Gasteiger partial charge in [-0.2, -0.15) is 0 Å². The molecule has 0 bridgehead atoms. The summed E-state index contributed by atoms with van der Waals surface area (Å²) in [5, 5.41) is 0. The first-order chi connectivity index (χ1) is 7.83. The zero-order valence-corrected chi connectivity index (χ0v) is 9.51. The lowest BCUT2D eigenvalue weighted by molar-refractivity contribution is -0.693. The molecule has 0 saturated heterocycles. The summed E-state index contributed by atoms with van der Waals surface area (Å²) < 4.78 is 82.2. The first kappa shape index (κ1) is 19.1. The Bertz CT molecular complexity index is 296. The molecule has 0 aliphatic heterocycles. The van der Waals surface area contributed by atoms with Crippen molar-refractivity contribution in [2.75, 3.05) is 0 Å². The van der Waals surface area contributed by atoms with E-state index in [1.165, 1.54) is 0 Å². The average molecular weight is 285 g/mol. The van der Waals surface area contributed by atoms with Gasteiger partial charge in [0, 0.05) is 0 Å². The van der Waals surface area contributed by atoms with Gasteiger partial charge in [-0.15, -0.1) is 0 Å². The van der Waals surface area contributed by atoms with Crippen molar-refractivity contribution in [2.24, 2.45) is 7.05 Å². The summed E-state index contributed by atoms with van der Waals surface area (Å²) >= 11 is 0. The van der Waals surface area contributed by atoms with Crippen molar-refractivity contribution in [3.63, 3.8) is 0 Å². The van der Waals surface area contributed by atoms with E-state index in [1.54, 1.807) is 0 Å². The third-order valence-electron chi connectivity index (χ3n) is 1.19. The van der Waals surface area contributed by atoms with Gasteiger partial charge in [0.05, 0.1) is 13.6 Å². The van der Waals surface area contributed by atoms with Crippen molar-refractivity contribution in [1.82, 2.24) is 4.57 Å². The molecule has 108 valence electrons. The molecular formula is C6H11B2F8N2-. The maximum Gasteiger partial charge on any atom is 0.673 e. The van der Waals surface area contributed by atoms with Crippen molar-refractivity contribution in [3.8, 4) is 0 Å². The summed E-state index contributed by atoms with van der Waals surface area (Å²) in [4.78, 5) is 0. The Morgan fingerprint density at radius 1 is 0.944 bits per heavy atom. The molecule has 0 atom stereocenters. The maximum atomic E-state index is 9.75. The van der Waals surface area contributed by atoms with E-state index in [1.807, 2.05) is 17.8 Å². The van der Waals surface area contributed by atoms with Gasteiger partial charge < -0.3 is 34.5 Å². The summed E-state index contributed by atoms with van der Waals surface area (Å²) in [5.74, 6) is 0. The molecule has 0 unspecified atom stereocenters. The van der Waals surface area contributed by atoms with Crippen LogP contribution < -0.4 is 4.57 Å². The van der Waals surface area contributed by atoms with Gasteiger partial charge in [0.15, 0.2) is 0 Å². The average Bonchev–Trinajstić information content (AvgIpc) is 2.44. The Kier molecular flexibility index (Phi) is 8.48. The maximum absolute atomic E-state index is 9.75. The van der Waals surface area contributed by atoms with Crippen LogP contribution in [0.3, 0.4) is 0 Å². The second-order valence-corrected chi connectivity index (χ2v) is 2.90. The molecule has 2 nitrogen and oxygen atoms in total. The summed E-state index contributed by atoms with van der Waals surface area (Å²) in [5.41, 5.74) is 0. The number of rotatable bonds is 1. The fourth-order valence-electron chi connectivity index (χ4n) is 0.689. The zero-order valence-electron chi connectivity index (χ0n) is 9.51. The topological polar surface area (TPSA) is 8.81 Å². The number of imidazole rings is 1. The summed E-state index contributed by atoms with van der Waals surface area (Å²) in [6.45, 7) is 3.18. The van der Waals surface area contributed by atoms with E-state index in [0.29, 0.717) is 0 Å². The summed E-state index contributed by atoms with van der Waals surface area (Å²) in [6, 6.07) is 0. The molecule has 0 amide bonds. The number of aromatic nitrogens is 2. The van der Waals surface area contributed by atoms with E-state index >= 15 is 0 Å². The van der Waals surface area contributed by atoms with Gasteiger partial charge in [-0.3, -0.25) is 0 Å². The molecular weight excluding hydrogens is 274 g/mol. The van der Waals surface area contributed by atoms with Crippen LogP contribution in [0.1, 0.15) is 6.92 Å². The van der Waals surface area contributed by atoms with Crippen molar-refractivity contribution < 1.29 is 39.1 Å². The van der Waals surface area contributed by atoms with Crippen LogP contribution in [0.5, 0.6) is 0 Å². The molecule has 0 saturated carbocycles. The van der Waals surface area contributed by atoms with Crippen molar-refractivity contribution in [3.05, 3.63) is 18.7 Å². The van der Waals surface area contributed by atoms with Gasteiger partial charge >= 0.3 is 14.5 Å². The van der Waals surface area contributed by atoms with Crippen LogP contribution in [0.15, 0.2) is 18.7 Å². The Morgan fingerprint density at radius 2 is 1.28 bits per heavy atom. The van der Waals surface area contributed by atoms with Gasteiger partial charge in [-0.25, -0.2) is 9.13 Å². The van der Waals surface area contributed by atoms with Crippen LogP contribution in [0.4, 0.5) is 34.5 Å². The summed E-state index contributed by atoms with van der Waals surface area (Å²) in [7, 11) is -9.98. The quantitative estimate of drug-likeness (QED) is 0.426. The highest BCUT2D eigenvalue weighted by Gasteiger charge is 2.21. The van der Waals surface area contributed by atoms with E-state index in [0.717, 1.165) is 6.54 Å². The Labute approximate surface area is 98.4 Å². The van der Waals surface area contributed by atoms with E-state index in [9.17, 15) is 34.5 Å². The van der Waals surface area contributed by atoms with Gasteiger partial charge in [-0.05, 0) is 6.92 Å². The molecule has 0 aromatic carbocycles. The lowest BCUT2D eigenvalue weighted by atomic mass is 10.3. The smallest absolute Gasteiger partial charge is 0.418 e. The van der Waals surface area contributed by atoms with E-state index < -0.39 is 14.5 Å². The minimum absolute atomic E-state index is 1.06. The third-order valence-corrected chi connectivity index (χ3v) is 1.19. The summed E-state index contributed by atoms with van der Waals surface area (Å²) in [6.07, 6.45) is 6.14. The minimum atomic E-state index is -6.00. The van der Waals surface area contributed by atoms with E-state index in [4.69, 9.17) is 0 Å². The number of nitrogens with zero attached hydrogens (tertiary/aromatic N) is 2. The second kappa shape index (κ2) is 7.98. The molecule has 1 aromatic rings. The highest BCUT2D eigenvalue weighted by Crippen LogP contribution is 2.07. The number of aryl methyl sites for hydroxylation is 2. The second-order valence-electron chi connectivity index (χ2n) is 2.90.